The highest BCUT2D eigenvalue weighted by Crippen LogP contribution is 2.22. The SMILES string of the molecule is CN(c1ccc(C(=O)NCc2cccc(Cl)c2)cc1)S(=O)(=O)c1ccccc1. The number of nitrogens with zero attached hydrogens (tertiary/aromatic N) is 1. The minimum atomic E-state index is -3.66. The molecule has 144 valence electrons. The van der Waals surface area contributed by atoms with E-state index in [1.807, 2.05) is 12.1 Å². The summed E-state index contributed by atoms with van der Waals surface area (Å²) >= 11 is 5.94. The second-order valence-electron chi connectivity index (χ2n) is 6.15. The van der Waals surface area contributed by atoms with Crippen molar-refractivity contribution in [1.82, 2.24) is 5.32 Å². The fourth-order valence-electron chi connectivity index (χ4n) is 2.64. The van der Waals surface area contributed by atoms with E-state index in [4.69, 9.17) is 11.6 Å². The molecule has 1 amide bonds. The monoisotopic (exact) mass is 414 g/mol. The second kappa shape index (κ2) is 8.46. The predicted molar refractivity (Wildman–Crippen MR) is 111 cm³/mol. The summed E-state index contributed by atoms with van der Waals surface area (Å²) in [5.74, 6) is -0.250. The molecule has 7 heteroatoms. The van der Waals surface area contributed by atoms with Crippen molar-refractivity contribution in [2.24, 2.45) is 0 Å². The number of anilines is 1. The molecule has 0 spiro atoms. The van der Waals surface area contributed by atoms with Crippen LogP contribution in [0.3, 0.4) is 0 Å². The zero-order valence-corrected chi connectivity index (χ0v) is 16.7. The molecule has 0 saturated carbocycles. The molecule has 3 aromatic carbocycles. The smallest absolute Gasteiger partial charge is 0.264 e. The summed E-state index contributed by atoms with van der Waals surface area (Å²) in [5, 5.41) is 3.43. The molecule has 0 atom stereocenters. The van der Waals surface area contributed by atoms with Crippen molar-refractivity contribution in [3.05, 3.63) is 95.0 Å². The van der Waals surface area contributed by atoms with Crippen LogP contribution in [0.4, 0.5) is 5.69 Å². The molecule has 5 nitrogen and oxygen atoms in total. The standard InChI is InChI=1S/C21H19ClN2O3S/c1-24(28(26,27)20-8-3-2-4-9-20)19-12-10-17(11-13-19)21(25)23-15-16-6-5-7-18(22)14-16/h2-14H,15H2,1H3,(H,23,25). The Morgan fingerprint density at radius 1 is 0.964 bits per heavy atom. The van der Waals surface area contributed by atoms with Crippen molar-refractivity contribution in [1.29, 1.82) is 0 Å². The Morgan fingerprint density at radius 3 is 2.29 bits per heavy atom. The van der Waals surface area contributed by atoms with Gasteiger partial charge in [0.2, 0.25) is 0 Å². The van der Waals surface area contributed by atoms with Gasteiger partial charge in [-0.1, -0.05) is 41.9 Å². The first-order valence-corrected chi connectivity index (χ1v) is 10.4. The van der Waals surface area contributed by atoms with Gasteiger partial charge in [0.1, 0.15) is 0 Å². The molecule has 0 aromatic heterocycles. The van der Waals surface area contributed by atoms with E-state index < -0.39 is 10.0 Å². The van der Waals surface area contributed by atoms with E-state index in [1.165, 1.54) is 11.4 Å². The number of sulfonamides is 1. The van der Waals surface area contributed by atoms with Gasteiger partial charge in [0.25, 0.3) is 15.9 Å². The zero-order valence-electron chi connectivity index (χ0n) is 15.2. The minimum Gasteiger partial charge on any atom is -0.348 e. The van der Waals surface area contributed by atoms with Gasteiger partial charge in [-0.2, -0.15) is 0 Å². The zero-order chi connectivity index (χ0) is 20.1. The summed E-state index contributed by atoms with van der Waals surface area (Å²) in [6.07, 6.45) is 0. The number of nitrogens with one attached hydrogen (secondary N) is 1. The van der Waals surface area contributed by atoms with Gasteiger partial charge in [-0.3, -0.25) is 9.10 Å². The number of hydrogen-bond donors (Lipinski definition) is 1. The number of hydrogen-bond acceptors (Lipinski definition) is 3. The molecule has 0 aliphatic rings. The first-order chi connectivity index (χ1) is 13.4. The van der Waals surface area contributed by atoms with Crippen LogP contribution < -0.4 is 9.62 Å². The number of benzene rings is 3. The van der Waals surface area contributed by atoms with Gasteiger partial charge in [-0.15, -0.1) is 0 Å². The maximum Gasteiger partial charge on any atom is 0.264 e. The fourth-order valence-corrected chi connectivity index (χ4v) is 4.07. The first kappa shape index (κ1) is 19.9. The van der Waals surface area contributed by atoms with Crippen molar-refractivity contribution in [2.45, 2.75) is 11.4 Å². The summed E-state index contributed by atoms with van der Waals surface area (Å²) in [6.45, 7) is 0.351. The third kappa shape index (κ3) is 4.52. The van der Waals surface area contributed by atoms with E-state index in [1.54, 1.807) is 66.7 Å². The van der Waals surface area contributed by atoms with Gasteiger partial charge in [0.15, 0.2) is 0 Å². The van der Waals surface area contributed by atoms with Gasteiger partial charge in [-0.25, -0.2) is 8.42 Å². The molecular formula is C21H19ClN2O3S. The lowest BCUT2D eigenvalue weighted by Crippen LogP contribution is -2.27. The van der Waals surface area contributed by atoms with Crippen molar-refractivity contribution in [3.8, 4) is 0 Å². The summed E-state index contributed by atoms with van der Waals surface area (Å²) in [5.41, 5.74) is 1.80. The van der Waals surface area contributed by atoms with Crippen LogP contribution >= 0.6 is 11.6 Å². The molecule has 3 aromatic rings. The number of rotatable bonds is 6. The summed E-state index contributed by atoms with van der Waals surface area (Å²) in [6, 6.07) is 21.9. The highest BCUT2D eigenvalue weighted by molar-refractivity contribution is 7.92. The molecule has 3 rings (SSSR count). The van der Waals surface area contributed by atoms with E-state index >= 15 is 0 Å². The fraction of sp³-hybridized carbons (Fsp3) is 0.0952. The molecule has 28 heavy (non-hydrogen) atoms. The largest absolute Gasteiger partial charge is 0.348 e. The molecule has 0 radical (unpaired) electrons. The average molecular weight is 415 g/mol. The highest BCUT2D eigenvalue weighted by Gasteiger charge is 2.21. The number of amides is 1. The molecule has 1 N–H and O–H groups in total. The van der Waals surface area contributed by atoms with Crippen LogP contribution in [0.15, 0.2) is 83.8 Å². The quantitative estimate of drug-likeness (QED) is 0.660. The summed E-state index contributed by atoms with van der Waals surface area (Å²) in [7, 11) is -2.17. The number of halogens is 1. The normalized spacial score (nSPS) is 11.1. The van der Waals surface area contributed by atoms with Crippen LogP contribution in [0, 0.1) is 0 Å². The second-order valence-corrected chi connectivity index (χ2v) is 8.55. The Kier molecular flexibility index (Phi) is 6.02. The van der Waals surface area contributed by atoms with Crippen molar-refractivity contribution in [3.63, 3.8) is 0 Å². The van der Waals surface area contributed by atoms with Crippen LogP contribution in [-0.2, 0) is 16.6 Å². The predicted octanol–water partition coefficient (Wildman–Crippen LogP) is 4.10. The van der Waals surface area contributed by atoms with E-state index in [0.29, 0.717) is 22.8 Å². The third-order valence-electron chi connectivity index (χ3n) is 4.24. The Bertz CT molecular complexity index is 1070. The van der Waals surface area contributed by atoms with Crippen LogP contribution in [0.2, 0.25) is 5.02 Å². The number of carbonyl (C=O) groups is 1. The van der Waals surface area contributed by atoms with E-state index in [0.717, 1.165) is 5.56 Å². The van der Waals surface area contributed by atoms with Crippen molar-refractivity contribution in [2.75, 3.05) is 11.4 Å². The first-order valence-electron chi connectivity index (χ1n) is 8.54. The Hall–Kier alpha value is -2.83. The van der Waals surface area contributed by atoms with E-state index in [2.05, 4.69) is 5.32 Å². The van der Waals surface area contributed by atoms with Crippen LogP contribution in [0.25, 0.3) is 0 Å². The third-order valence-corrected chi connectivity index (χ3v) is 6.27. The molecule has 0 heterocycles. The lowest BCUT2D eigenvalue weighted by atomic mass is 10.2. The van der Waals surface area contributed by atoms with Gasteiger partial charge >= 0.3 is 0 Å². The summed E-state index contributed by atoms with van der Waals surface area (Å²) < 4.78 is 26.5. The highest BCUT2D eigenvalue weighted by atomic mass is 35.5. The number of carbonyl (C=O) groups excluding carboxylic acids is 1. The van der Waals surface area contributed by atoms with Crippen LogP contribution in [0.5, 0.6) is 0 Å². The molecule has 0 bridgehead atoms. The van der Waals surface area contributed by atoms with Gasteiger partial charge in [-0.05, 0) is 54.1 Å². The molecule has 0 saturated heterocycles. The Labute approximate surface area is 169 Å². The minimum absolute atomic E-state index is 0.209. The van der Waals surface area contributed by atoms with Crippen molar-refractivity contribution < 1.29 is 13.2 Å². The molecule has 0 aliphatic carbocycles. The van der Waals surface area contributed by atoms with Gasteiger partial charge in [0.05, 0.1) is 10.6 Å². The summed E-state index contributed by atoms with van der Waals surface area (Å²) in [4.78, 5) is 12.5. The Morgan fingerprint density at radius 2 is 1.64 bits per heavy atom. The molecule has 0 fully saturated rings. The molecule has 0 unspecified atom stereocenters. The Balaban J connectivity index is 1.69. The maximum absolute atomic E-state index is 12.7. The van der Waals surface area contributed by atoms with E-state index in [-0.39, 0.29) is 10.8 Å². The lowest BCUT2D eigenvalue weighted by Gasteiger charge is -2.19. The molecule has 0 aliphatic heterocycles. The van der Waals surface area contributed by atoms with E-state index in [9.17, 15) is 13.2 Å². The van der Waals surface area contributed by atoms with Crippen LogP contribution in [0.1, 0.15) is 15.9 Å². The average Bonchev–Trinajstić information content (AvgIpc) is 2.72. The van der Waals surface area contributed by atoms with Crippen molar-refractivity contribution >= 4 is 33.2 Å². The topological polar surface area (TPSA) is 66.5 Å². The van der Waals surface area contributed by atoms with Gasteiger partial charge < -0.3 is 5.32 Å². The van der Waals surface area contributed by atoms with Gasteiger partial charge in [0, 0.05) is 24.2 Å². The van der Waals surface area contributed by atoms with Crippen LogP contribution in [-0.4, -0.2) is 21.4 Å². The molecular weight excluding hydrogens is 396 g/mol. The maximum atomic E-state index is 12.7. The lowest BCUT2D eigenvalue weighted by molar-refractivity contribution is 0.0951.